The first-order chi connectivity index (χ1) is 20.1. The zero-order valence-electron chi connectivity index (χ0n) is 23.4. The first-order valence-electron chi connectivity index (χ1n) is 13.0. The number of nitrogens with two attached hydrogens (primary N) is 1. The number of hydrogen-bond donors (Lipinski definition) is 2. The maximum atomic E-state index is 13.3. The summed E-state index contributed by atoms with van der Waals surface area (Å²) in [5, 5.41) is 4.44. The van der Waals surface area contributed by atoms with Crippen LogP contribution in [0.1, 0.15) is 53.6 Å². The van der Waals surface area contributed by atoms with Crippen molar-refractivity contribution >= 4 is 69.2 Å². The highest BCUT2D eigenvalue weighted by Gasteiger charge is 2.33. The van der Waals surface area contributed by atoms with Gasteiger partial charge in [-0.3, -0.25) is 14.5 Å². The summed E-state index contributed by atoms with van der Waals surface area (Å²) in [6, 6.07) is 11.4. The predicted octanol–water partition coefficient (Wildman–Crippen LogP) is 7.08. The Morgan fingerprint density at radius 3 is 2.42 bits per heavy atom. The van der Waals surface area contributed by atoms with Crippen molar-refractivity contribution in [1.29, 1.82) is 0 Å². The van der Waals surface area contributed by atoms with Gasteiger partial charge in [0.1, 0.15) is 9.92 Å². The largest absolute Gasteiger partial charge is 0.456 e. The van der Waals surface area contributed by atoms with Gasteiger partial charge in [0.05, 0.1) is 16.0 Å². The number of nitrogens with one attached hydrogen (secondary N) is 1. The van der Waals surface area contributed by atoms with Crippen LogP contribution in [-0.2, 0) is 27.0 Å². The molecule has 1 aliphatic heterocycles. The van der Waals surface area contributed by atoms with Crippen LogP contribution in [0.15, 0.2) is 58.8 Å². The Labute approximate surface area is 260 Å². The molecule has 3 N–H and O–H groups in total. The number of amides is 2. The molecule has 1 aliphatic rings. The Kier molecular flexibility index (Phi) is 9.79. The van der Waals surface area contributed by atoms with E-state index in [1.165, 1.54) is 22.3 Å². The first-order valence-corrected chi connectivity index (χ1v) is 15.1. The summed E-state index contributed by atoms with van der Waals surface area (Å²) >= 11 is 7.73. The van der Waals surface area contributed by atoms with Gasteiger partial charge >= 0.3 is 12.1 Å². The van der Waals surface area contributed by atoms with Crippen LogP contribution in [0.3, 0.4) is 0 Å². The van der Waals surface area contributed by atoms with Gasteiger partial charge in [-0.05, 0) is 91.4 Å². The molecule has 0 radical (unpaired) electrons. The standard InChI is InChI=1S/C30H28F3N3O4S3/c1-29(2,3)40-27(39)17-5-8-21(9-6-17)35-25(37)10-11-36-26(38)24(43-28(36)41)14-22-12-19(16-42-22)23-13-20(30(31,32)33)7-4-18(23)15-34/h4-9,12-14,16H,10-11,15,34H2,1-3H3,(H,35,37). The minimum Gasteiger partial charge on any atom is -0.456 e. The molecule has 2 aromatic carbocycles. The average Bonchev–Trinajstić information content (AvgIpc) is 3.49. The van der Waals surface area contributed by atoms with Crippen molar-refractivity contribution in [2.45, 2.75) is 45.5 Å². The lowest BCUT2D eigenvalue weighted by atomic mass is 9.98. The summed E-state index contributed by atoms with van der Waals surface area (Å²) in [6.07, 6.45) is -2.87. The molecule has 0 atom stereocenters. The molecule has 3 aromatic rings. The third-order valence-corrected chi connectivity index (χ3v) is 8.36. The average molecular weight is 648 g/mol. The summed E-state index contributed by atoms with van der Waals surface area (Å²) in [4.78, 5) is 40.1. The number of anilines is 1. The van der Waals surface area contributed by atoms with E-state index in [1.54, 1.807) is 62.6 Å². The van der Waals surface area contributed by atoms with E-state index in [2.05, 4.69) is 5.32 Å². The molecular weight excluding hydrogens is 620 g/mol. The monoisotopic (exact) mass is 647 g/mol. The van der Waals surface area contributed by atoms with Crippen LogP contribution in [0.2, 0.25) is 0 Å². The van der Waals surface area contributed by atoms with Gasteiger partial charge in [0, 0.05) is 30.1 Å². The van der Waals surface area contributed by atoms with E-state index in [-0.39, 0.29) is 31.3 Å². The van der Waals surface area contributed by atoms with Crippen LogP contribution in [0, 0.1) is 0 Å². The zero-order valence-corrected chi connectivity index (χ0v) is 25.9. The number of benzene rings is 2. The van der Waals surface area contributed by atoms with E-state index in [0.29, 0.717) is 42.0 Å². The molecule has 226 valence electrons. The van der Waals surface area contributed by atoms with Crippen LogP contribution in [0.4, 0.5) is 18.9 Å². The molecule has 2 heterocycles. The van der Waals surface area contributed by atoms with Crippen molar-refractivity contribution in [2.24, 2.45) is 5.73 Å². The lowest BCUT2D eigenvalue weighted by Gasteiger charge is -2.19. The predicted molar refractivity (Wildman–Crippen MR) is 167 cm³/mol. The number of hydrogen-bond acceptors (Lipinski definition) is 8. The van der Waals surface area contributed by atoms with Crippen LogP contribution in [-0.4, -0.2) is 39.1 Å². The second kappa shape index (κ2) is 13.0. The van der Waals surface area contributed by atoms with Crippen LogP contribution >= 0.6 is 35.3 Å². The Hall–Kier alpha value is -3.52. The summed E-state index contributed by atoms with van der Waals surface area (Å²) in [6.45, 7) is 5.45. The van der Waals surface area contributed by atoms with Gasteiger partial charge in [-0.15, -0.1) is 11.3 Å². The Balaban J connectivity index is 1.38. The number of thiophene rings is 1. The normalized spacial score (nSPS) is 14.9. The summed E-state index contributed by atoms with van der Waals surface area (Å²) < 4.78 is 45.5. The van der Waals surface area contributed by atoms with Gasteiger partial charge in [0.15, 0.2) is 0 Å². The second-order valence-electron chi connectivity index (χ2n) is 10.5. The number of thioether (sulfide) groups is 1. The van der Waals surface area contributed by atoms with Gasteiger partial charge in [0.2, 0.25) is 5.91 Å². The number of carbonyl (C=O) groups excluding carboxylic acids is 3. The third kappa shape index (κ3) is 8.31. The number of thiocarbonyl (C=S) groups is 1. The van der Waals surface area contributed by atoms with Crippen LogP contribution in [0.25, 0.3) is 17.2 Å². The minimum absolute atomic E-state index is 0.0197. The highest BCUT2D eigenvalue weighted by Crippen LogP contribution is 2.38. The van der Waals surface area contributed by atoms with Gasteiger partial charge in [-0.1, -0.05) is 30.0 Å². The molecule has 7 nitrogen and oxygen atoms in total. The number of alkyl halides is 3. The van der Waals surface area contributed by atoms with Crippen molar-refractivity contribution < 1.29 is 32.3 Å². The molecule has 0 aliphatic carbocycles. The van der Waals surface area contributed by atoms with Crippen molar-refractivity contribution in [2.75, 3.05) is 11.9 Å². The van der Waals surface area contributed by atoms with E-state index >= 15 is 0 Å². The Morgan fingerprint density at radius 2 is 1.79 bits per heavy atom. The molecule has 43 heavy (non-hydrogen) atoms. The second-order valence-corrected chi connectivity index (χ2v) is 13.1. The number of esters is 1. The fourth-order valence-corrected chi connectivity index (χ4v) is 6.27. The molecule has 1 fully saturated rings. The Morgan fingerprint density at radius 1 is 1.09 bits per heavy atom. The van der Waals surface area contributed by atoms with E-state index in [9.17, 15) is 27.6 Å². The number of nitrogens with zero attached hydrogens (tertiary/aromatic N) is 1. The zero-order chi connectivity index (χ0) is 31.5. The SMILES string of the molecule is CC(C)(C)OC(=O)c1ccc(NC(=O)CCN2C(=O)C(=Cc3cc(-c4cc(C(F)(F)F)ccc4CN)cs3)SC2=S)cc1. The van der Waals surface area contributed by atoms with Crippen molar-refractivity contribution in [3.8, 4) is 11.1 Å². The highest BCUT2D eigenvalue weighted by molar-refractivity contribution is 8.26. The first kappa shape index (κ1) is 32.4. The molecule has 0 spiro atoms. The minimum atomic E-state index is -4.49. The molecule has 1 aromatic heterocycles. The van der Waals surface area contributed by atoms with E-state index in [0.717, 1.165) is 23.9 Å². The number of carbonyl (C=O) groups is 3. The fourth-order valence-electron chi connectivity index (χ4n) is 4.05. The molecule has 2 amide bonds. The van der Waals surface area contributed by atoms with Crippen molar-refractivity contribution in [3.05, 3.63) is 80.4 Å². The molecule has 0 bridgehead atoms. The molecule has 1 saturated heterocycles. The van der Waals surface area contributed by atoms with E-state index in [1.807, 2.05) is 0 Å². The van der Waals surface area contributed by atoms with Crippen molar-refractivity contribution in [3.63, 3.8) is 0 Å². The molecule has 4 rings (SSSR count). The maximum Gasteiger partial charge on any atom is 0.416 e. The van der Waals surface area contributed by atoms with Crippen LogP contribution in [0.5, 0.6) is 0 Å². The van der Waals surface area contributed by atoms with Crippen molar-refractivity contribution in [1.82, 2.24) is 4.90 Å². The quantitative estimate of drug-likeness (QED) is 0.153. The van der Waals surface area contributed by atoms with Gasteiger partial charge in [0.25, 0.3) is 5.91 Å². The lowest BCUT2D eigenvalue weighted by molar-refractivity contribution is -0.137. The van der Waals surface area contributed by atoms with Crippen LogP contribution < -0.4 is 11.1 Å². The smallest absolute Gasteiger partial charge is 0.416 e. The molecule has 0 saturated carbocycles. The van der Waals surface area contributed by atoms with E-state index < -0.39 is 23.3 Å². The topological polar surface area (TPSA) is 102 Å². The van der Waals surface area contributed by atoms with Gasteiger partial charge in [-0.2, -0.15) is 13.2 Å². The summed E-state index contributed by atoms with van der Waals surface area (Å²) in [5.41, 5.74) is 6.71. The fraction of sp³-hybridized carbons (Fsp3) is 0.267. The summed E-state index contributed by atoms with van der Waals surface area (Å²) in [7, 11) is 0. The Bertz CT molecular complexity index is 1590. The highest BCUT2D eigenvalue weighted by atomic mass is 32.2. The van der Waals surface area contributed by atoms with E-state index in [4.69, 9.17) is 22.7 Å². The number of rotatable bonds is 8. The molecule has 0 unspecified atom stereocenters. The number of halogens is 3. The maximum absolute atomic E-state index is 13.3. The van der Waals surface area contributed by atoms with Gasteiger partial charge in [-0.25, -0.2) is 4.79 Å². The summed E-state index contributed by atoms with van der Waals surface area (Å²) in [5.74, 6) is -1.17. The molecular formula is C30H28F3N3O4S3. The van der Waals surface area contributed by atoms with Gasteiger partial charge < -0.3 is 15.8 Å². The molecule has 13 heteroatoms. The number of ether oxygens (including phenoxy) is 1. The lowest BCUT2D eigenvalue weighted by Crippen LogP contribution is -2.31. The third-order valence-electron chi connectivity index (χ3n) is 6.10.